The number of rotatable bonds is 0. The average Bonchev–Trinajstić information content (AvgIpc) is 3.25. The van der Waals surface area contributed by atoms with Crippen molar-refractivity contribution in [1.29, 1.82) is 0 Å². The molecule has 0 N–H and O–H groups in total. The van der Waals surface area contributed by atoms with Crippen molar-refractivity contribution in [3.63, 3.8) is 0 Å². The predicted molar refractivity (Wildman–Crippen MR) is 98.7 cm³/mol. The minimum absolute atomic E-state index is 0.849. The number of aliphatic imine (C=N–C) groups is 4. The number of benzene rings is 2. The van der Waals surface area contributed by atoms with E-state index < -0.39 is 11.3 Å². The van der Waals surface area contributed by atoms with Crippen molar-refractivity contribution in [1.82, 2.24) is 0 Å². The van der Waals surface area contributed by atoms with Crippen LogP contribution >= 0.6 is 0 Å². The molecule has 2 aliphatic heterocycles. The highest BCUT2D eigenvalue weighted by Gasteiger charge is 2.60. The van der Waals surface area contributed by atoms with Crippen LogP contribution in [0.4, 0.5) is 0 Å². The predicted octanol–water partition coefficient (Wildman–Crippen LogP) is 3.60. The van der Waals surface area contributed by atoms with Crippen LogP contribution in [0.5, 0.6) is 0 Å². The molecule has 3 aliphatic rings. The fraction of sp³-hybridized carbons (Fsp3) is 0.200. The van der Waals surface area contributed by atoms with E-state index in [4.69, 9.17) is 20.0 Å². The van der Waals surface area contributed by atoms with Crippen molar-refractivity contribution in [2.75, 3.05) is 0 Å². The standard InChI is InChI=1S/C20H16N4/c1-13-5-3-7-15-17(13)18-14(2)6-4-8-16(18)20(23-11-12-24-20)19(15)21-9-10-22-19/h3-12H,1-2H3. The Hall–Kier alpha value is -2.88. The lowest BCUT2D eigenvalue weighted by Crippen LogP contribution is -2.45. The van der Waals surface area contributed by atoms with Gasteiger partial charge < -0.3 is 0 Å². The van der Waals surface area contributed by atoms with Gasteiger partial charge in [0, 0.05) is 36.0 Å². The molecule has 0 fully saturated rings. The largest absolute Gasteiger partial charge is 0.252 e. The number of aryl methyl sites for hydroxylation is 2. The Morgan fingerprint density at radius 3 is 1.33 bits per heavy atom. The van der Waals surface area contributed by atoms with E-state index in [9.17, 15) is 0 Å². The highest BCUT2D eigenvalue weighted by atomic mass is 15.3. The van der Waals surface area contributed by atoms with Gasteiger partial charge in [0.1, 0.15) is 0 Å². The first-order chi connectivity index (χ1) is 11.7. The third kappa shape index (κ3) is 1.35. The zero-order valence-electron chi connectivity index (χ0n) is 13.6. The fourth-order valence-electron chi connectivity index (χ4n) is 4.23. The molecule has 4 nitrogen and oxygen atoms in total. The lowest BCUT2D eigenvalue weighted by atomic mass is 9.69. The maximum absolute atomic E-state index is 4.80. The fourth-order valence-corrected chi connectivity index (χ4v) is 4.23. The molecule has 0 radical (unpaired) electrons. The molecule has 0 unspecified atom stereocenters. The topological polar surface area (TPSA) is 49.4 Å². The van der Waals surface area contributed by atoms with Crippen LogP contribution in [0.1, 0.15) is 22.3 Å². The van der Waals surface area contributed by atoms with Gasteiger partial charge in [0.05, 0.1) is 0 Å². The quantitative estimate of drug-likeness (QED) is 0.714. The zero-order chi connectivity index (χ0) is 16.4. The monoisotopic (exact) mass is 312 g/mol. The normalized spacial score (nSPS) is 20.1. The van der Waals surface area contributed by atoms with Crippen molar-refractivity contribution >= 4 is 24.9 Å². The van der Waals surface area contributed by atoms with Crippen molar-refractivity contribution in [2.24, 2.45) is 20.0 Å². The molecular formula is C20H16N4. The summed E-state index contributed by atoms with van der Waals surface area (Å²) < 4.78 is 0. The van der Waals surface area contributed by atoms with E-state index >= 15 is 0 Å². The molecule has 0 aromatic heterocycles. The molecular weight excluding hydrogens is 296 g/mol. The highest BCUT2D eigenvalue weighted by molar-refractivity contribution is 6.19. The van der Waals surface area contributed by atoms with Gasteiger partial charge in [0.2, 0.25) is 11.3 Å². The number of hydrogen-bond acceptors (Lipinski definition) is 4. The summed E-state index contributed by atoms with van der Waals surface area (Å²) >= 11 is 0. The molecule has 0 atom stereocenters. The van der Waals surface area contributed by atoms with Crippen molar-refractivity contribution in [3.8, 4) is 11.1 Å². The molecule has 0 saturated heterocycles. The Labute approximate surface area is 140 Å². The molecule has 24 heavy (non-hydrogen) atoms. The Morgan fingerprint density at radius 2 is 0.958 bits per heavy atom. The summed E-state index contributed by atoms with van der Waals surface area (Å²) in [6.07, 6.45) is 7.05. The lowest BCUT2D eigenvalue weighted by Gasteiger charge is -2.44. The van der Waals surface area contributed by atoms with Gasteiger partial charge in [-0.15, -0.1) is 0 Å². The van der Waals surface area contributed by atoms with Crippen LogP contribution in [0.25, 0.3) is 11.1 Å². The van der Waals surface area contributed by atoms with Crippen molar-refractivity contribution < 1.29 is 0 Å². The van der Waals surface area contributed by atoms with Crippen molar-refractivity contribution in [3.05, 3.63) is 58.7 Å². The van der Waals surface area contributed by atoms with Crippen LogP contribution in [-0.4, -0.2) is 24.9 Å². The number of nitrogens with zero attached hydrogens (tertiary/aromatic N) is 4. The number of hydrogen-bond donors (Lipinski definition) is 0. The van der Waals surface area contributed by atoms with Gasteiger partial charge in [-0.25, -0.2) is 0 Å². The third-order valence-corrected chi connectivity index (χ3v) is 5.21. The maximum Gasteiger partial charge on any atom is 0.225 e. The van der Waals surface area contributed by atoms with Gasteiger partial charge in [-0.1, -0.05) is 36.4 Å². The second kappa shape index (κ2) is 4.35. The minimum Gasteiger partial charge on any atom is -0.252 e. The summed E-state index contributed by atoms with van der Waals surface area (Å²) in [5.41, 5.74) is 5.32. The first-order valence-corrected chi connectivity index (χ1v) is 8.08. The Balaban J connectivity index is 2.02. The molecule has 2 aromatic carbocycles. The van der Waals surface area contributed by atoms with E-state index in [1.54, 1.807) is 24.9 Å². The SMILES string of the molecule is Cc1cccc2c1-c1c(C)cccc1C1(N=CC=N1)C21N=CC=N1. The van der Waals surface area contributed by atoms with Crippen LogP contribution < -0.4 is 0 Å². The van der Waals surface area contributed by atoms with Crippen LogP contribution in [0, 0.1) is 13.8 Å². The lowest BCUT2D eigenvalue weighted by molar-refractivity contribution is 0.255. The van der Waals surface area contributed by atoms with E-state index in [2.05, 4.69) is 50.2 Å². The van der Waals surface area contributed by atoms with Crippen LogP contribution in [0.15, 0.2) is 56.4 Å². The average molecular weight is 312 g/mol. The summed E-state index contributed by atoms with van der Waals surface area (Å²) in [5.74, 6) is 0. The Bertz CT molecular complexity index is 889. The summed E-state index contributed by atoms with van der Waals surface area (Å²) in [7, 11) is 0. The minimum atomic E-state index is -0.849. The van der Waals surface area contributed by atoms with Gasteiger partial charge in [0.25, 0.3) is 0 Å². The Morgan fingerprint density at radius 1 is 0.583 bits per heavy atom. The van der Waals surface area contributed by atoms with Crippen LogP contribution in [0.2, 0.25) is 0 Å². The van der Waals surface area contributed by atoms with Crippen LogP contribution in [0.3, 0.4) is 0 Å². The highest BCUT2D eigenvalue weighted by Crippen LogP contribution is 2.59. The van der Waals surface area contributed by atoms with Crippen LogP contribution in [-0.2, 0) is 11.3 Å². The smallest absolute Gasteiger partial charge is 0.225 e. The second-order valence-corrected chi connectivity index (χ2v) is 6.45. The van der Waals surface area contributed by atoms with Gasteiger partial charge >= 0.3 is 0 Å². The molecule has 0 saturated carbocycles. The maximum atomic E-state index is 4.80. The molecule has 0 amide bonds. The van der Waals surface area contributed by atoms with Gasteiger partial charge in [-0.05, 0) is 36.1 Å². The molecule has 116 valence electrons. The van der Waals surface area contributed by atoms with E-state index in [1.807, 2.05) is 0 Å². The van der Waals surface area contributed by atoms with Gasteiger partial charge in [0.15, 0.2) is 0 Å². The summed E-state index contributed by atoms with van der Waals surface area (Å²) in [6, 6.07) is 12.7. The molecule has 4 heteroatoms. The summed E-state index contributed by atoms with van der Waals surface area (Å²) in [5, 5.41) is 0. The third-order valence-electron chi connectivity index (χ3n) is 5.21. The first-order valence-electron chi connectivity index (χ1n) is 8.08. The molecule has 1 aliphatic carbocycles. The molecule has 2 spiro atoms. The molecule has 2 heterocycles. The molecule has 5 rings (SSSR count). The van der Waals surface area contributed by atoms with E-state index in [0.29, 0.717) is 0 Å². The molecule has 2 aromatic rings. The first kappa shape index (κ1) is 13.5. The van der Waals surface area contributed by atoms with Gasteiger partial charge in [-0.2, -0.15) is 0 Å². The zero-order valence-corrected chi connectivity index (χ0v) is 13.6. The summed E-state index contributed by atoms with van der Waals surface area (Å²) in [6.45, 7) is 4.29. The number of fused-ring (bicyclic) bond motifs is 6. The van der Waals surface area contributed by atoms with Crippen molar-refractivity contribution in [2.45, 2.75) is 25.2 Å². The second-order valence-electron chi connectivity index (χ2n) is 6.45. The molecule has 0 bridgehead atoms. The van der Waals surface area contributed by atoms with E-state index in [0.717, 1.165) is 11.1 Å². The van der Waals surface area contributed by atoms with E-state index in [1.165, 1.54) is 22.3 Å². The van der Waals surface area contributed by atoms with Gasteiger partial charge in [-0.3, -0.25) is 20.0 Å². The van der Waals surface area contributed by atoms with E-state index in [-0.39, 0.29) is 0 Å². The Kier molecular flexibility index (Phi) is 2.46. The summed E-state index contributed by atoms with van der Waals surface area (Å²) in [4.78, 5) is 19.2.